The fourth-order valence-corrected chi connectivity index (χ4v) is 5.40. The van der Waals surface area contributed by atoms with E-state index in [4.69, 9.17) is 10.1 Å². The summed E-state index contributed by atoms with van der Waals surface area (Å²) in [6, 6.07) is 23.6. The summed E-state index contributed by atoms with van der Waals surface area (Å²) in [6.07, 6.45) is 1.92. The van der Waals surface area contributed by atoms with Crippen molar-refractivity contribution in [2.45, 2.75) is 41.6 Å². The Morgan fingerprint density at radius 2 is 1.70 bits per heavy atom. The van der Waals surface area contributed by atoms with Crippen LogP contribution >= 0.6 is 11.8 Å². The van der Waals surface area contributed by atoms with Crippen LogP contribution in [-0.2, 0) is 16.6 Å². The van der Waals surface area contributed by atoms with Gasteiger partial charge in [-0.05, 0) is 30.2 Å². The van der Waals surface area contributed by atoms with Gasteiger partial charge in [-0.3, -0.25) is 4.79 Å². The quantitative estimate of drug-likeness (QED) is 0.263. The molecule has 0 spiro atoms. The van der Waals surface area contributed by atoms with Gasteiger partial charge in [0.1, 0.15) is 5.25 Å². The summed E-state index contributed by atoms with van der Waals surface area (Å²) >= 11 is 1.38. The molecule has 33 heavy (non-hydrogen) atoms. The second-order valence-electron chi connectivity index (χ2n) is 7.73. The van der Waals surface area contributed by atoms with Gasteiger partial charge in [-0.15, -0.1) is 0 Å². The third kappa shape index (κ3) is 5.19. The highest BCUT2D eigenvalue weighted by Crippen LogP contribution is 2.39. The number of thioether (sulfide) groups is 1. The first kappa shape index (κ1) is 23.2. The fourth-order valence-electron chi connectivity index (χ4n) is 3.65. The summed E-state index contributed by atoms with van der Waals surface area (Å²) in [5.41, 5.74) is 2.87. The summed E-state index contributed by atoms with van der Waals surface area (Å²) in [7, 11) is -3.84. The van der Waals surface area contributed by atoms with Crippen LogP contribution in [0.2, 0.25) is 0 Å². The van der Waals surface area contributed by atoms with E-state index in [1.54, 1.807) is 6.07 Å². The highest BCUT2D eigenvalue weighted by Gasteiger charge is 2.26. The van der Waals surface area contributed by atoms with Crippen LogP contribution in [-0.4, -0.2) is 23.8 Å². The standard InChI is InChI=1S/C25H25N3O3S2/c1-2-3-16-28-22-15-14-20(33(26,30)31)17-21(22)27-25(28)32-24(19-12-8-5-9-13-19)23(29)18-10-6-4-7-11-18/h4-15,17,24H,2-3,16H2,1H3,(H2,26,30,31). The van der Waals surface area contributed by atoms with Crippen molar-refractivity contribution in [3.8, 4) is 0 Å². The lowest BCUT2D eigenvalue weighted by Crippen LogP contribution is -2.12. The van der Waals surface area contributed by atoms with E-state index >= 15 is 0 Å². The molecule has 0 fully saturated rings. The predicted molar refractivity (Wildman–Crippen MR) is 132 cm³/mol. The van der Waals surface area contributed by atoms with Gasteiger partial charge in [-0.2, -0.15) is 0 Å². The molecule has 4 aromatic rings. The Balaban J connectivity index is 1.81. The number of primary sulfonamides is 1. The number of carbonyl (C=O) groups excluding carboxylic acids is 1. The number of aryl methyl sites for hydroxylation is 1. The number of aromatic nitrogens is 2. The molecule has 3 aromatic carbocycles. The normalized spacial score (nSPS) is 12.7. The van der Waals surface area contributed by atoms with E-state index in [0.717, 1.165) is 23.9 Å². The summed E-state index contributed by atoms with van der Waals surface area (Å²) in [6.45, 7) is 2.82. The lowest BCUT2D eigenvalue weighted by molar-refractivity contribution is 0.0989. The Hall–Kier alpha value is -2.94. The molecule has 0 saturated carbocycles. The highest BCUT2D eigenvalue weighted by molar-refractivity contribution is 8.00. The van der Waals surface area contributed by atoms with E-state index < -0.39 is 15.3 Å². The van der Waals surface area contributed by atoms with Gasteiger partial charge in [0.15, 0.2) is 10.9 Å². The molecule has 0 aliphatic carbocycles. The fraction of sp³-hybridized carbons (Fsp3) is 0.200. The van der Waals surface area contributed by atoms with E-state index in [0.29, 0.717) is 22.8 Å². The third-order valence-electron chi connectivity index (χ3n) is 5.37. The molecule has 2 N–H and O–H groups in total. The molecule has 1 atom stereocenters. The van der Waals surface area contributed by atoms with Crippen molar-refractivity contribution >= 4 is 38.6 Å². The third-order valence-corrected chi connectivity index (χ3v) is 7.53. The van der Waals surface area contributed by atoms with E-state index in [-0.39, 0.29) is 10.7 Å². The first-order valence-electron chi connectivity index (χ1n) is 10.7. The van der Waals surface area contributed by atoms with Crippen molar-refractivity contribution in [2.75, 3.05) is 0 Å². The molecule has 8 heteroatoms. The van der Waals surface area contributed by atoms with Gasteiger partial charge >= 0.3 is 0 Å². The summed E-state index contributed by atoms with van der Waals surface area (Å²) in [5, 5.41) is 5.49. The number of ketones is 1. The second kappa shape index (κ2) is 9.91. The van der Waals surface area contributed by atoms with Crippen molar-refractivity contribution in [2.24, 2.45) is 5.14 Å². The molecule has 170 valence electrons. The van der Waals surface area contributed by atoms with E-state index in [9.17, 15) is 13.2 Å². The topological polar surface area (TPSA) is 95.0 Å². The molecule has 0 amide bonds. The summed E-state index contributed by atoms with van der Waals surface area (Å²) < 4.78 is 25.7. The Morgan fingerprint density at radius 3 is 2.33 bits per heavy atom. The Bertz CT molecular complexity index is 1370. The van der Waals surface area contributed by atoms with Crippen molar-refractivity contribution in [1.29, 1.82) is 0 Å². The first-order valence-corrected chi connectivity index (χ1v) is 13.1. The number of fused-ring (bicyclic) bond motifs is 1. The first-order chi connectivity index (χ1) is 15.9. The van der Waals surface area contributed by atoms with E-state index in [2.05, 4.69) is 11.5 Å². The molecule has 0 bridgehead atoms. The minimum atomic E-state index is -3.84. The van der Waals surface area contributed by atoms with Gasteiger partial charge in [0, 0.05) is 12.1 Å². The molecule has 6 nitrogen and oxygen atoms in total. The number of carbonyl (C=O) groups is 1. The number of nitrogens with zero attached hydrogens (tertiary/aromatic N) is 2. The average molecular weight is 480 g/mol. The Labute approximate surface area is 197 Å². The number of imidazole rings is 1. The van der Waals surface area contributed by atoms with Crippen LogP contribution in [0.3, 0.4) is 0 Å². The van der Waals surface area contributed by atoms with Gasteiger partial charge in [0.2, 0.25) is 10.0 Å². The van der Waals surface area contributed by atoms with Gasteiger partial charge in [-0.25, -0.2) is 18.5 Å². The smallest absolute Gasteiger partial charge is 0.238 e. The lowest BCUT2D eigenvalue weighted by atomic mass is 10.0. The van der Waals surface area contributed by atoms with E-state index in [1.165, 1.54) is 23.9 Å². The van der Waals surface area contributed by atoms with Gasteiger partial charge in [-0.1, -0.05) is 85.8 Å². The van der Waals surface area contributed by atoms with Gasteiger partial charge in [0.25, 0.3) is 0 Å². The molecule has 0 radical (unpaired) electrons. The maximum absolute atomic E-state index is 13.5. The van der Waals surface area contributed by atoms with Crippen LogP contribution in [0, 0.1) is 0 Å². The number of sulfonamides is 1. The Morgan fingerprint density at radius 1 is 1.03 bits per heavy atom. The molecule has 1 heterocycles. The SMILES string of the molecule is CCCCn1c(SC(C(=O)c2ccccc2)c2ccccc2)nc2cc(S(N)(=O)=O)ccc21. The number of rotatable bonds is 9. The summed E-state index contributed by atoms with van der Waals surface area (Å²) in [5.74, 6) is -0.00822. The van der Waals surface area contributed by atoms with Crippen molar-refractivity contribution < 1.29 is 13.2 Å². The molecule has 4 rings (SSSR count). The van der Waals surface area contributed by atoms with Crippen LogP contribution in [0.25, 0.3) is 11.0 Å². The Kier molecular flexibility index (Phi) is 6.97. The maximum Gasteiger partial charge on any atom is 0.238 e. The van der Waals surface area contributed by atoms with E-state index in [1.807, 2.05) is 60.7 Å². The molecular formula is C25H25N3O3S2. The number of Topliss-reactive ketones (excluding diaryl/α,β-unsaturated/α-hetero) is 1. The molecule has 0 aliphatic rings. The van der Waals surface area contributed by atoms with Gasteiger partial charge in [0.05, 0.1) is 15.9 Å². The number of nitrogens with two attached hydrogens (primary N) is 1. The molecule has 1 unspecified atom stereocenters. The zero-order valence-electron chi connectivity index (χ0n) is 18.2. The summed E-state index contributed by atoms with van der Waals surface area (Å²) in [4.78, 5) is 18.3. The minimum absolute atomic E-state index is 0.00822. The number of unbranched alkanes of at least 4 members (excludes halogenated alkanes) is 1. The van der Waals surface area contributed by atoms with Gasteiger partial charge < -0.3 is 4.57 Å². The number of hydrogen-bond acceptors (Lipinski definition) is 5. The maximum atomic E-state index is 13.5. The predicted octanol–water partition coefficient (Wildman–Crippen LogP) is 5.20. The van der Waals surface area contributed by atoms with Crippen LogP contribution in [0.15, 0.2) is 88.9 Å². The van der Waals surface area contributed by atoms with Crippen molar-refractivity contribution in [1.82, 2.24) is 9.55 Å². The molecular weight excluding hydrogens is 454 g/mol. The van der Waals surface area contributed by atoms with Crippen LogP contribution < -0.4 is 5.14 Å². The zero-order chi connectivity index (χ0) is 23.4. The van der Waals surface area contributed by atoms with Crippen molar-refractivity contribution in [3.05, 3.63) is 90.0 Å². The monoisotopic (exact) mass is 479 g/mol. The van der Waals surface area contributed by atoms with Crippen LogP contribution in [0.4, 0.5) is 0 Å². The van der Waals surface area contributed by atoms with Crippen LogP contribution in [0.1, 0.15) is 40.9 Å². The zero-order valence-corrected chi connectivity index (χ0v) is 19.9. The minimum Gasteiger partial charge on any atom is -0.319 e. The highest BCUT2D eigenvalue weighted by atomic mass is 32.2. The lowest BCUT2D eigenvalue weighted by Gasteiger charge is -2.17. The number of hydrogen-bond donors (Lipinski definition) is 1. The second-order valence-corrected chi connectivity index (χ2v) is 10.4. The molecule has 0 aliphatic heterocycles. The average Bonchev–Trinajstić information content (AvgIpc) is 3.17. The largest absolute Gasteiger partial charge is 0.319 e. The van der Waals surface area contributed by atoms with Crippen molar-refractivity contribution in [3.63, 3.8) is 0 Å². The number of benzene rings is 3. The molecule has 0 saturated heterocycles. The van der Waals surface area contributed by atoms with Crippen LogP contribution in [0.5, 0.6) is 0 Å². The molecule has 1 aromatic heterocycles.